The second kappa shape index (κ2) is 6.90. The molecule has 0 nitrogen and oxygen atoms in total. The van der Waals surface area contributed by atoms with E-state index in [1.165, 1.54) is 43.6 Å². The van der Waals surface area contributed by atoms with Gasteiger partial charge in [0, 0.05) is 0 Å². The predicted octanol–water partition coefficient (Wildman–Crippen LogP) is 3.93. The summed E-state index contributed by atoms with van der Waals surface area (Å²) in [6, 6.07) is 0. The van der Waals surface area contributed by atoms with E-state index in [4.69, 9.17) is 0 Å². The molecule has 1 saturated heterocycles. The van der Waals surface area contributed by atoms with E-state index in [9.17, 15) is 0 Å². The molecular weight excluding hydrogens is 184 g/mol. The van der Waals surface area contributed by atoms with E-state index in [0.717, 1.165) is 4.58 Å². The summed E-state index contributed by atoms with van der Waals surface area (Å²) in [6.07, 6.45) is 8.77. The van der Waals surface area contributed by atoms with Crippen molar-refractivity contribution in [3.05, 3.63) is 12.7 Å². The topological polar surface area (TPSA) is 0 Å². The van der Waals surface area contributed by atoms with E-state index in [0.29, 0.717) is 0 Å². The fourth-order valence-corrected chi connectivity index (χ4v) is 4.26. The van der Waals surface area contributed by atoms with Crippen molar-refractivity contribution in [2.45, 2.75) is 36.7 Å². The molecule has 12 heavy (non-hydrogen) atoms. The summed E-state index contributed by atoms with van der Waals surface area (Å²) in [5, 5.41) is 0. The highest BCUT2D eigenvalue weighted by Gasteiger charge is 2.12. The van der Waals surface area contributed by atoms with Crippen molar-refractivity contribution >= 4 is 23.5 Å². The van der Waals surface area contributed by atoms with Gasteiger partial charge in [0.25, 0.3) is 0 Å². The van der Waals surface area contributed by atoms with Gasteiger partial charge in [0.05, 0.1) is 4.58 Å². The number of hydrogen-bond acceptors (Lipinski definition) is 2. The molecule has 0 saturated carbocycles. The second-order valence-electron chi connectivity index (χ2n) is 3.10. The third kappa shape index (κ3) is 4.46. The lowest BCUT2D eigenvalue weighted by atomic mass is 10.2. The maximum absolute atomic E-state index is 3.73. The Balaban J connectivity index is 1.94. The summed E-state index contributed by atoms with van der Waals surface area (Å²) in [6.45, 7) is 3.73. The van der Waals surface area contributed by atoms with Crippen LogP contribution in [0.25, 0.3) is 0 Å². The lowest BCUT2D eigenvalue weighted by Crippen LogP contribution is -2.06. The summed E-state index contributed by atoms with van der Waals surface area (Å²) in [4.78, 5) is 0. The zero-order valence-electron chi connectivity index (χ0n) is 7.63. The molecule has 70 valence electrons. The highest BCUT2D eigenvalue weighted by Crippen LogP contribution is 2.33. The Morgan fingerprint density at radius 1 is 1.25 bits per heavy atom. The average Bonchev–Trinajstić information content (AvgIpc) is 2.14. The van der Waals surface area contributed by atoms with Crippen molar-refractivity contribution in [2.75, 3.05) is 11.5 Å². The van der Waals surface area contributed by atoms with Gasteiger partial charge in [0.1, 0.15) is 0 Å². The monoisotopic (exact) mass is 202 g/mol. The van der Waals surface area contributed by atoms with E-state index in [-0.39, 0.29) is 0 Å². The van der Waals surface area contributed by atoms with E-state index in [2.05, 4.69) is 30.1 Å². The third-order valence-electron chi connectivity index (χ3n) is 1.99. The van der Waals surface area contributed by atoms with Crippen LogP contribution in [0.5, 0.6) is 0 Å². The molecule has 1 fully saturated rings. The van der Waals surface area contributed by atoms with Gasteiger partial charge in [0.15, 0.2) is 0 Å². The number of thioether (sulfide) groups is 2. The summed E-state index contributed by atoms with van der Waals surface area (Å²) in [7, 11) is 0. The van der Waals surface area contributed by atoms with Crippen LogP contribution in [-0.4, -0.2) is 16.1 Å². The first kappa shape index (κ1) is 10.5. The molecule has 1 rings (SSSR count). The molecular formula is C10H18S2. The minimum Gasteiger partial charge on any atom is -0.148 e. The van der Waals surface area contributed by atoms with Gasteiger partial charge in [-0.05, 0) is 37.2 Å². The van der Waals surface area contributed by atoms with Crippen molar-refractivity contribution < 1.29 is 0 Å². The van der Waals surface area contributed by atoms with Gasteiger partial charge in [-0.1, -0.05) is 12.5 Å². The van der Waals surface area contributed by atoms with Gasteiger partial charge in [-0.3, -0.25) is 0 Å². The Bertz CT molecular complexity index is 117. The van der Waals surface area contributed by atoms with E-state index in [1.54, 1.807) is 0 Å². The van der Waals surface area contributed by atoms with Crippen LogP contribution in [0, 0.1) is 0 Å². The fourth-order valence-electron chi connectivity index (χ4n) is 1.30. The van der Waals surface area contributed by atoms with Crippen LogP contribution >= 0.6 is 23.5 Å². The Hall–Kier alpha value is 0.440. The summed E-state index contributed by atoms with van der Waals surface area (Å²) < 4.78 is 0.906. The van der Waals surface area contributed by atoms with Crippen LogP contribution in [-0.2, 0) is 0 Å². The molecule has 0 atom stereocenters. The van der Waals surface area contributed by atoms with Gasteiger partial charge in [-0.2, -0.15) is 0 Å². The quantitative estimate of drug-likeness (QED) is 0.489. The largest absolute Gasteiger partial charge is 0.148 e. The molecule has 0 N–H and O–H groups in total. The molecule has 0 radical (unpaired) electrons. The lowest BCUT2D eigenvalue weighted by Gasteiger charge is -2.20. The smallest absolute Gasteiger partial charge is 0.0502 e. The summed E-state index contributed by atoms with van der Waals surface area (Å²) in [5.74, 6) is 2.78. The molecule has 0 spiro atoms. The van der Waals surface area contributed by atoms with Gasteiger partial charge in [-0.15, -0.1) is 30.1 Å². The maximum Gasteiger partial charge on any atom is 0.0502 e. The van der Waals surface area contributed by atoms with Crippen molar-refractivity contribution in [3.8, 4) is 0 Å². The van der Waals surface area contributed by atoms with Crippen molar-refractivity contribution in [2.24, 2.45) is 0 Å². The zero-order chi connectivity index (χ0) is 8.65. The van der Waals surface area contributed by atoms with Crippen molar-refractivity contribution in [3.63, 3.8) is 0 Å². The van der Waals surface area contributed by atoms with Crippen molar-refractivity contribution in [1.29, 1.82) is 0 Å². The molecule has 0 aromatic carbocycles. The minimum atomic E-state index is 0.906. The predicted molar refractivity (Wildman–Crippen MR) is 62.0 cm³/mol. The highest BCUT2D eigenvalue weighted by atomic mass is 32.2. The number of rotatable bonds is 5. The zero-order valence-corrected chi connectivity index (χ0v) is 9.26. The first-order valence-corrected chi connectivity index (χ1v) is 6.87. The van der Waals surface area contributed by atoms with Crippen LogP contribution in [0.2, 0.25) is 0 Å². The van der Waals surface area contributed by atoms with Crippen LogP contribution < -0.4 is 0 Å². The SMILES string of the molecule is C=CCCCCC1SCCCS1. The Labute approximate surface area is 84.6 Å². The Morgan fingerprint density at radius 3 is 2.67 bits per heavy atom. The van der Waals surface area contributed by atoms with Gasteiger partial charge in [0.2, 0.25) is 0 Å². The van der Waals surface area contributed by atoms with Crippen LogP contribution in [0.3, 0.4) is 0 Å². The number of unbranched alkanes of at least 4 members (excludes halogenated alkanes) is 2. The molecule has 0 aromatic heterocycles. The molecule has 1 heterocycles. The maximum atomic E-state index is 3.73. The van der Waals surface area contributed by atoms with E-state index < -0.39 is 0 Å². The normalized spacial score (nSPS) is 19.3. The lowest BCUT2D eigenvalue weighted by molar-refractivity contribution is 0.721. The van der Waals surface area contributed by atoms with Gasteiger partial charge < -0.3 is 0 Å². The second-order valence-corrected chi connectivity index (χ2v) is 6.02. The fraction of sp³-hybridized carbons (Fsp3) is 0.800. The van der Waals surface area contributed by atoms with E-state index in [1.807, 2.05) is 6.08 Å². The van der Waals surface area contributed by atoms with Crippen molar-refractivity contribution in [1.82, 2.24) is 0 Å². The van der Waals surface area contributed by atoms with Crippen LogP contribution in [0.1, 0.15) is 32.1 Å². The third-order valence-corrected chi connectivity index (χ3v) is 5.07. The van der Waals surface area contributed by atoms with Crippen LogP contribution in [0.4, 0.5) is 0 Å². The minimum absolute atomic E-state index is 0.906. The first-order chi connectivity index (χ1) is 5.93. The summed E-state index contributed by atoms with van der Waals surface area (Å²) >= 11 is 4.32. The Morgan fingerprint density at radius 2 is 2.00 bits per heavy atom. The highest BCUT2D eigenvalue weighted by molar-refractivity contribution is 8.17. The molecule has 1 aliphatic rings. The molecule has 1 aliphatic heterocycles. The van der Waals surface area contributed by atoms with E-state index >= 15 is 0 Å². The van der Waals surface area contributed by atoms with Crippen LogP contribution in [0.15, 0.2) is 12.7 Å². The molecule has 0 aliphatic carbocycles. The van der Waals surface area contributed by atoms with Gasteiger partial charge >= 0.3 is 0 Å². The molecule has 0 amide bonds. The first-order valence-electron chi connectivity index (χ1n) is 4.77. The average molecular weight is 202 g/mol. The summed E-state index contributed by atoms with van der Waals surface area (Å²) in [5.41, 5.74) is 0. The molecule has 0 unspecified atom stereocenters. The standard InChI is InChI=1S/C10H18S2/c1-2-3-4-5-7-10-11-8-6-9-12-10/h2,10H,1,3-9H2. The number of allylic oxidation sites excluding steroid dienone is 1. The molecule has 0 bridgehead atoms. The number of hydrogen-bond donors (Lipinski definition) is 0. The van der Waals surface area contributed by atoms with Gasteiger partial charge in [-0.25, -0.2) is 0 Å². The Kier molecular flexibility index (Phi) is 6.05. The molecule has 2 heteroatoms. The molecule has 0 aromatic rings.